The van der Waals surface area contributed by atoms with Crippen LogP contribution in [0.25, 0.3) is 11.5 Å². The van der Waals surface area contributed by atoms with Crippen LogP contribution in [0.3, 0.4) is 0 Å². The van der Waals surface area contributed by atoms with Crippen molar-refractivity contribution < 1.29 is 8.94 Å². The first-order chi connectivity index (χ1) is 10.4. The second-order valence-electron chi connectivity index (χ2n) is 5.61. The Morgan fingerprint density at radius 1 is 1.32 bits per heavy atom. The highest BCUT2D eigenvalue weighted by Gasteiger charge is 2.21. The molecule has 1 saturated heterocycles. The third kappa shape index (κ3) is 4.12. The summed E-state index contributed by atoms with van der Waals surface area (Å²) in [7, 11) is 0. The van der Waals surface area contributed by atoms with E-state index in [-0.39, 0.29) is 12.4 Å². The number of nitrogens with one attached hydrogen (secondary N) is 1. The third-order valence-corrected chi connectivity index (χ3v) is 4.02. The fourth-order valence-electron chi connectivity index (χ4n) is 2.98. The summed E-state index contributed by atoms with van der Waals surface area (Å²) < 4.78 is 10.7. The molecular weight excluding hydrogens is 302 g/mol. The van der Waals surface area contributed by atoms with Gasteiger partial charge >= 0.3 is 0 Å². The van der Waals surface area contributed by atoms with Crippen molar-refractivity contribution in [1.82, 2.24) is 15.4 Å². The monoisotopic (exact) mass is 325 g/mol. The van der Waals surface area contributed by atoms with Gasteiger partial charge in [0.1, 0.15) is 0 Å². The minimum Gasteiger partial charge on any atom is -0.461 e. The van der Waals surface area contributed by atoms with Gasteiger partial charge in [-0.25, -0.2) is 0 Å². The number of hydrogen-bond acceptors (Lipinski definition) is 5. The summed E-state index contributed by atoms with van der Waals surface area (Å²) in [5, 5.41) is 7.62. The number of nitrogens with zero attached hydrogens (tertiary/aromatic N) is 2. The lowest BCUT2D eigenvalue weighted by Gasteiger charge is -2.33. The molecule has 5 nitrogen and oxygen atoms in total. The Kier molecular flexibility index (Phi) is 6.49. The predicted molar refractivity (Wildman–Crippen MR) is 88.0 cm³/mol. The van der Waals surface area contributed by atoms with Crippen LogP contribution in [0, 0.1) is 0 Å². The second-order valence-corrected chi connectivity index (χ2v) is 5.61. The number of rotatable bonds is 6. The van der Waals surface area contributed by atoms with Gasteiger partial charge in [0.2, 0.25) is 5.76 Å². The lowest BCUT2D eigenvalue weighted by Crippen LogP contribution is -2.43. The maximum atomic E-state index is 5.39. The summed E-state index contributed by atoms with van der Waals surface area (Å²) in [6.45, 7) is 6.41. The van der Waals surface area contributed by atoms with Crippen molar-refractivity contribution in [1.29, 1.82) is 0 Å². The molecule has 0 aliphatic carbocycles. The molecule has 3 heterocycles. The fourth-order valence-corrected chi connectivity index (χ4v) is 2.98. The van der Waals surface area contributed by atoms with Crippen molar-refractivity contribution in [3.63, 3.8) is 0 Å². The largest absolute Gasteiger partial charge is 0.461 e. The van der Waals surface area contributed by atoms with Crippen LogP contribution in [-0.2, 0) is 6.54 Å². The van der Waals surface area contributed by atoms with Crippen LogP contribution in [0.2, 0.25) is 0 Å². The highest BCUT2D eigenvalue weighted by atomic mass is 35.5. The molecule has 1 aliphatic heterocycles. The van der Waals surface area contributed by atoms with E-state index in [1.165, 1.54) is 12.8 Å². The van der Waals surface area contributed by atoms with Gasteiger partial charge in [-0.2, -0.15) is 0 Å². The zero-order chi connectivity index (χ0) is 14.5. The average Bonchev–Trinajstić information content (AvgIpc) is 3.19. The van der Waals surface area contributed by atoms with Crippen LogP contribution >= 0.6 is 12.4 Å². The van der Waals surface area contributed by atoms with Gasteiger partial charge in [0.25, 0.3) is 0 Å². The van der Waals surface area contributed by atoms with Gasteiger partial charge in [-0.05, 0) is 51.0 Å². The van der Waals surface area contributed by atoms with E-state index in [2.05, 4.69) is 22.3 Å². The van der Waals surface area contributed by atoms with Crippen molar-refractivity contribution in [3.8, 4) is 11.5 Å². The predicted octanol–water partition coefficient (Wildman–Crippen LogP) is 3.32. The van der Waals surface area contributed by atoms with E-state index in [1.54, 1.807) is 6.26 Å². The van der Waals surface area contributed by atoms with Crippen molar-refractivity contribution in [2.75, 3.05) is 19.6 Å². The number of piperidine rings is 1. The van der Waals surface area contributed by atoms with Gasteiger partial charge in [-0.1, -0.05) is 12.1 Å². The molecule has 0 bridgehead atoms. The summed E-state index contributed by atoms with van der Waals surface area (Å²) in [4.78, 5) is 2.53. The van der Waals surface area contributed by atoms with E-state index in [0.717, 1.165) is 44.1 Å². The van der Waals surface area contributed by atoms with Gasteiger partial charge in [0, 0.05) is 18.7 Å². The average molecular weight is 326 g/mol. The summed E-state index contributed by atoms with van der Waals surface area (Å²) in [5.41, 5.74) is 0.980. The minimum absolute atomic E-state index is 0. The molecule has 0 radical (unpaired) electrons. The minimum atomic E-state index is 0. The number of hydrogen-bond donors (Lipinski definition) is 1. The second kappa shape index (κ2) is 8.36. The summed E-state index contributed by atoms with van der Waals surface area (Å²) in [6, 6.07) is 6.38. The van der Waals surface area contributed by atoms with Crippen LogP contribution in [0.15, 0.2) is 33.4 Å². The quantitative estimate of drug-likeness (QED) is 0.883. The van der Waals surface area contributed by atoms with Crippen LogP contribution in [0.4, 0.5) is 0 Å². The van der Waals surface area contributed by atoms with Crippen LogP contribution in [0.5, 0.6) is 0 Å². The number of furan rings is 1. The molecular formula is C16H24ClN3O2. The molecule has 2 aromatic heterocycles. The molecule has 122 valence electrons. The van der Waals surface area contributed by atoms with Gasteiger partial charge in [0.15, 0.2) is 5.76 Å². The molecule has 0 aromatic carbocycles. The highest BCUT2D eigenvalue weighted by Crippen LogP contribution is 2.22. The first-order valence-corrected chi connectivity index (χ1v) is 7.81. The SMILES string of the molecule is CCCN(Cc1cc(-c2ccco2)on1)C1CCNCC1.Cl. The normalized spacial score (nSPS) is 15.9. The zero-order valence-corrected chi connectivity index (χ0v) is 13.8. The topological polar surface area (TPSA) is 54.4 Å². The maximum Gasteiger partial charge on any atom is 0.202 e. The fraction of sp³-hybridized carbons (Fsp3) is 0.562. The summed E-state index contributed by atoms with van der Waals surface area (Å²) in [5.74, 6) is 1.44. The number of aromatic nitrogens is 1. The van der Waals surface area contributed by atoms with E-state index in [4.69, 9.17) is 8.94 Å². The molecule has 22 heavy (non-hydrogen) atoms. The highest BCUT2D eigenvalue weighted by molar-refractivity contribution is 5.85. The Balaban J connectivity index is 0.00000176. The summed E-state index contributed by atoms with van der Waals surface area (Å²) in [6.07, 6.45) is 5.23. The third-order valence-electron chi connectivity index (χ3n) is 4.02. The molecule has 1 N–H and O–H groups in total. The van der Waals surface area contributed by atoms with Crippen LogP contribution in [0.1, 0.15) is 31.9 Å². The zero-order valence-electron chi connectivity index (χ0n) is 13.0. The van der Waals surface area contributed by atoms with Crippen molar-refractivity contribution >= 4 is 12.4 Å². The van der Waals surface area contributed by atoms with Crippen molar-refractivity contribution in [2.45, 2.75) is 38.8 Å². The first-order valence-electron chi connectivity index (χ1n) is 7.81. The van der Waals surface area contributed by atoms with E-state index in [1.807, 2.05) is 18.2 Å². The standard InChI is InChI=1S/C16H23N3O2.ClH/c1-2-9-19(14-5-7-17-8-6-14)12-13-11-16(21-18-13)15-4-3-10-20-15;/h3-4,10-11,14,17H,2,5-9,12H2,1H3;1H. The van der Waals surface area contributed by atoms with Crippen LogP contribution < -0.4 is 5.32 Å². The molecule has 3 rings (SSSR count). The Hall–Kier alpha value is -1.30. The molecule has 1 aliphatic rings. The van der Waals surface area contributed by atoms with E-state index < -0.39 is 0 Å². The van der Waals surface area contributed by atoms with Crippen molar-refractivity contribution in [2.24, 2.45) is 0 Å². The first kappa shape index (κ1) is 17.1. The van der Waals surface area contributed by atoms with E-state index in [0.29, 0.717) is 11.8 Å². The lowest BCUT2D eigenvalue weighted by atomic mass is 10.0. The Morgan fingerprint density at radius 2 is 2.14 bits per heavy atom. The van der Waals surface area contributed by atoms with Gasteiger partial charge < -0.3 is 14.3 Å². The maximum absolute atomic E-state index is 5.39. The Labute approximate surface area is 137 Å². The van der Waals surface area contributed by atoms with Gasteiger partial charge in [0.05, 0.1) is 12.0 Å². The smallest absolute Gasteiger partial charge is 0.202 e. The molecule has 2 aromatic rings. The lowest BCUT2D eigenvalue weighted by molar-refractivity contribution is 0.150. The molecule has 0 amide bonds. The van der Waals surface area contributed by atoms with Crippen LogP contribution in [-0.4, -0.2) is 35.7 Å². The molecule has 0 spiro atoms. The van der Waals surface area contributed by atoms with Crippen molar-refractivity contribution in [3.05, 3.63) is 30.2 Å². The summed E-state index contributed by atoms with van der Waals surface area (Å²) >= 11 is 0. The van der Waals surface area contributed by atoms with E-state index >= 15 is 0 Å². The number of halogens is 1. The van der Waals surface area contributed by atoms with E-state index in [9.17, 15) is 0 Å². The van der Waals surface area contributed by atoms with Gasteiger partial charge in [-0.3, -0.25) is 4.90 Å². The molecule has 0 unspecified atom stereocenters. The Morgan fingerprint density at radius 3 is 2.82 bits per heavy atom. The molecule has 1 fully saturated rings. The molecule has 0 atom stereocenters. The Bertz CT molecular complexity index is 535. The molecule has 6 heteroatoms. The van der Waals surface area contributed by atoms with Gasteiger partial charge in [-0.15, -0.1) is 12.4 Å². The molecule has 0 saturated carbocycles.